The van der Waals surface area contributed by atoms with Gasteiger partial charge in [-0.2, -0.15) is 0 Å². The number of benzene rings is 1. The molecule has 86 valence electrons. The largest absolute Gasteiger partial charge is 0.496 e. The van der Waals surface area contributed by atoms with Crippen LogP contribution in [-0.2, 0) is 0 Å². The lowest BCUT2D eigenvalue weighted by molar-refractivity contribution is 0.413. The van der Waals surface area contributed by atoms with Crippen LogP contribution in [0.15, 0.2) is 29.0 Å². The Bertz CT molecular complexity index is 483. The number of fused-ring (bicyclic) bond motifs is 1. The molecule has 0 saturated carbocycles. The van der Waals surface area contributed by atoms with Gasteiger partial charge in [-0.3, -0.25) is 4.98 Å². The maximum atomic E-state index is 5.22. The summed E-state index contributed by atoms with van der Waals surface area (Å²) in [5.41, 5.74) is 1.17. The summed E-state index contributed by atoms with van der Waals surface area (Å²) in [5, 5.41) is 2.29. The summed E-state index contributed by atoms with van der Waals surface area (Å²) >= 11 is 3.51. The van der Waals surface area contributed by atoms with E-state index in [0.29, 0.717) is 0 Å². The Balaban J connectivity index is 0.000000606. The highest BCUT2D eigenvalue weighted by molar-refractivity contribution is 9.10. The number of nitrogens with zero attached hydrogens (tertiary/aromatic N) is 1. The summed E-state index contributed by atoms with van der Waals surface area (Å²) in [6.45, 7) is 6.05. The van der Waals surface area contributed by atoms with Crippen molar-refractivity contribution in [3.8, 4) is 5.75 Å². The third-order valence-electron chi connectivity index (χ3n) is 2.26. The quantitative estimate of drug-likeness (QED) is 0.776. The van der Waals surface area contributed by atoms with E-state index in [-0.39, 0.29) is 0 Å². The Labute approximate surface area is 105 Å². The third-order valence-corrected chi connectivity index (χ3v) is 3.08. The zero-order valence-electron chi connectivity index (χ0n) is 10.0. The van der Waals surface area contributed by atoms with Gasteiger partial charge in [-0.15, -0.1) is 0 Å². The minimum atomic E-state index is 0.838. The molecule has 0 N–H and O–H groups in total. The maximum absolute atomic E-state index is 5.22. The van der Waals surface area contributed by atoms with E-state index in [9.17, 15) is 0 Å². The summed E-state index contributed by atoms with van der Waals surface area (Å²) in [4.78, 5) is 4.16. The summed E-state index contributed by atoms with van der Waals surface area (Å²) in [7, 11) is 1.66. The summed E-state index contributed by atoms with van der Waals surface area (Å²) in [5.74, 6) is 0.838. The minimum absolute atomic E-state index is 0.838. The van der Waals surface area contributed by atoms with E-state index < -0.39 is 0 Å². The molecule has 0 spiro atoms. The molecule has 0 fully saturated rings. The lowest BCUT2D eigenvalue weighted by Gasteiger charge is -2.07. The zero-order valence-corrected chi connectivity index (χ0v) is 11.6. The van der Waals surface area contributed by atoms with Gasteiger partial charge in [0, 0.05) is 17.8 Å². The monoisotopic (exact) mass is 281 g/mol. The van der Waals surface area contributed by atoms with Crippen molar-refractivity contribution in [3.05, 3.63) is 34.6 Å². The predicted octanol–water partition coefficient (Wildman–Crippen LogP) is 4.34. The van der Waals surface area contributed by atoms with Crippen molar-refractivity contribution in [3.63, 3.8) is 0 Å². The number of ether oxygens (including phenoxy) is 1. The average molecular weight is 282 g/mol. The number of hydrogen-bond acceptors (Lipinski definition) is 2. The number of rotatable bonds is 1. The molecule has 3 heteroatoms. The van der Waals surface area contributed by atoms with Gasteiger partial charge in [-0.05, 0) is 39.9 Å². The molecule has 2 aromatic rings. The molecule has 0 aliphatic carbocycles. The van der Waals surface area contributed by atoms with E-state index in [1.165, 1.54) is 10.9 Å². The third kappa shape index (κ3) is 2.35. The highest BCUT2D eigenvalue weighted by atomic mass is 79.9. The minimum Gasteiger partial charge on any atom is -0.496 e. The molecule has 2 nitrogen and oxygen atoms in total. The molecule has 0 bridgehead atoms. The molecule has 1 aromatic carbocycles. The van der Waals surface area contributed by atoms with Gasteiger partial charge in [0.1, 0.15) is 5.75 Å². The molecular weight excluding hydrogens is 266 g/mol. The van der Waals surface area contributed by atoms with E-state index in [0.717, 1.165) is 15.6 Å². The van der Waals surface area contributed by atoms with Crippen molar-refractivity contribution in [1.82, 2.24) is 4.98 Å². The fraction of sp³-hybridized carbons (Fsp3) is 0.308. The number of pyridine rings is 1. The van der Waals surface area contributed by atoms with Gasteiger partial charge in [-0.25, -0.2) is 0 Å². The fourth-order valence-electron chi connectivity index (χ4n) is 1.49. The van der Waals surface area contributed by atoms with Gasteiger partial charge in [0.05, 0.1) is 11.6 Å². The average Bonchev–Trinajstić information content (AvgIpc) is 2.33. The van der Waals surface area contributed by atoms with E-state index in [1.54, 1.807) is 7.11 Å². The Morgan fingerprint density at radius 1 is 1.12 bits per heavy atom. The van der Waals surface area contributed by atoms with Crippen LogP contribution in [0, 0.1) is 6.92 Å². The molecule has 0 radical (unpaired) electrons. The van der Waals surface area contributed by atoms with Gasteiger partial charge in [-0.1, -0.05) is 19.9 Å². The molecular formula is C13H16BrNO. The second-order valence-corrected chi connectivity index (χ2v) is 3.93. The standard InChI is InChI=1S/C11H10BrNO.C2H6/c1-7-5-13-6-9-8(7)3-4-10(14-2)11(9)12;1-2/h3-6H,1-2H3;1-2H3. The van der Waals surface area contributed by atoms with Crippen LogP contribution >= 0.6 is 15.9 Å². The topological polar surface area (TPSA) is 22.1 Å². The highest BCUT2D eigenvalue weighted by Crippen LogP contribution is 2.33. The Kier molecular flexibility index (Phi) is 4.74. The van der Waals surface area contributed by atoms with Gasteiger partial charge in [0.2, 0.25) is 0 Å². The Morgan fingerprint density at radius 2 is 1.81 bits per heavy atom. The number of methoxy groups -OCH3 is 1. The number of aryl methyl sites for hydroxylation is 1. The van der Waals surface area contributed by atoms with Crippen molar-refractivity contribution >= 4 is 26.7 Å². The van der Waals surface area contributed by atoms with Gasteiger partial charge >= 0.3 is 0 Å². The van der Waals surface area contributed by atoms with Crippen LogP contribution in [0.1, 0.15) is 19.4 Å². The number of halogens is 1. The second-order valence-electron chi connectivity index (χ2n) is 3.13. The summed E-state index contributed by atoms with van der Waals surface area (Å²) < 4.78 is 6.18. The highest BCUT2D eigenvalue weighted by Gasteiger charge is 2.06. The normalized spacial score (nSPS) is 9.56. The molecule has 2 rings (SSSR count). The van der Waals surface area contributed by atoms with E-state index in [4.69, 9.17) is 4.74 Å². The van der Waals surface area contributed by atoms with Gasteiger partial charge in [0.25, 0.3) is 0 Å². The zero-order chi connectivity index (χ0) is 12.1. The summed E-state index contributed by atoms with van der Waals surface area (Å²) in [6, 6.07) is 4.01. The van der Waals surface area contributed by atoms with Crippen molar-refractivity contribution in [2.24, 2.45) is 0 Å². The van der Waals surface area contributed by atoms with E-state index >= 15 is 0 Å². The van der Waals surface area contributed by atoms with Crippen molar-refractivity contribution in [2.45, 2.75) is 20.8 Å². The Morgan fingerprint density at radius 3 is 2.44 bits per heavy atom. The molecule has 1 heterocycles. The maximum Gasteiger partial charge on any atom is 0.133 e. The van der Waals surface area contributed by atoms with Crippen molar-refractivity contribution in [1.29, 1.82) is 0 Å². The smallest absolute Gasteiger partial charge is 0.133 e. The van der Waals surface area contributed by atoms with Crippen LogP contribution in [0.4, 0.5) is 0 Å². The first-order chi connectivity index (χ1) is 7.74. The van der Waals surface area contributed by atoms with Gasteiger partial charge < -0.3 is 4.74 Å². The lowest BCUT2D eigenvalue weighted by Crippen LogP contribution is -1.87. The second kappa shape index (κ2) is 5.85. The first kappa shape index (κ1) is 13.0. The SMILES string of the molecule is CC.COc1ccc2c(C)cncc2c1Br. The lowest BCUT2D eigenvalue weighted by atomic mass is 10.1. The van der Waals surface area contributed by atoms with Gasteiger partial charge in [0.15, 0.2) is 0 Å². The molecule has 1 aromatic heterocycles. The van der Waals surface area contributed by atoms with E-state index in [1.807, 2.05) is 39.2 Å². The predicted molar refractivity (Wildman–Crippen MR) is 72.1 cm³/mol. The van der Waals surface area contributed by atoms with E-state index in [2.05, 4.69) is 27.0 Å². The first-order valence-electron chi connectivity index (χ1n) is 5.31. The summed E-state index contributed by atoms with van der Waals surface area (Å²) in [6.07, 6.45) is 3.70. The molecule has 0 saturated heterocycles. The molecule has 0 aliphatic heterocycles. The molecule has 0 amide bonds. The molecule has 0 aliphatic rings. The van der Waals surface area contributed by atoms with Crippen LogP contribution in [0.25, 0.3) is 10.8 Å². The number of hydrogen-bond donors (Lipinski definition) is 0. The molecule has 0 atom stereocenters. The Hall–Kier alpha value is -1.09. The van der Waals surface area contributed by atoms with Crippen LogP contribution in [0.5, 0.6) is 5.75 Å². The van der Waals surface area contributed by atoms with Crippen LogP contribution in [0.2, 0.25) is 0 Å². The van der Waals surface area contributed by atoms with Crippen molar-refractivity contribution in [2.75, 3.05) is 7.11 Å². The molecule has 0 unspecified atom stereocenters. The number of aromatic nitrogens is 1. The fourth-order valence-corrected chi connectivity index (χ4v) is 2.10. The first-order valence-corrected chi connectivity index (χ1v) is 6.10. The van der Waals surface area contributed by atoms with Crippen LogP contribution in [-0.4, -0.2) is 12.1 Å². The molecule has 16 heavy (non-hydrogen) atoms. The van der Waals surface area contributed by atoms with Crippen LogP contribution in [0.3, 0.4) is 0 Å². The van der Waals surface area contributed by atoms with Crippen LogP contribution < -0.4 is 4.74 Å². The van der Waals surface area contributed by atoms with Crippen molar-refractivity contribution < 1.29 is 4.74 Å².